The molecule has 2 aromatic carbocycles. The molecule has 0 amide bonds. The SMILES string of the molecule is C[C@@H](c1cccc(-c2ccc(C(=O)CCC(=O)O)cc2)c1)N1CCCC1. The smallest absolute Gasteiger partial charge is 0.303 e. The highest BCUT2D eigenvalue weighted by atomic mass is 16.4. The number of carboxylic acid groups (broad SMARTS) is 1. The van der Waals surface area contributed by atoms with Gasteiger partial charge in [-0.1, -0.05) is 42.5 Å². The Morgan fingerprint density at radius 3 is 2.35 bits per heavy atom. The van der Waals surface area contributed by atoms with Crippen molar-refractivity contribution in [1.82, 2.24) is 4.90 Å². The number of rotatable bonds is 7. The van der Waals surface area contributed by atoms with Crippen LogP contribution in [0.5, 0.6) is 0 Å². The van der Waals surface area contributed by atoms with E-state index in [2.05, 4.69) is 36.1 Å². The fourth-order valence-electron chi connectivity index (χ4n) is 3.53. The molecule has 1 aliphatic rings. The van der Waals surface area contributed by atoms with Crippen molar-refractivity contribution >= 4 is 11.8 Å². The van der Waals surface area contributed by atoms with Crippen LogP contribution in [-0.4, -0.2) is 34.8 Å². The molecule has 3 rings (SSSR count). The van der Waals surface area contributed by atoms with E-state index in [1.807, 2.05) is 12.1 Å². The molecule has 1 aliphatic heterocycles. The van der Waals surface area contributed by atoms with Gasteiger partial charge in [0, 0.05) is 18.0 Å². The third-order valence-corrected chi connectivity index (χ3v) is 5.16. The van der Waals surface area contributed by atoms with Crippen LogP contribution >= 0.6 is 0 Å². The van der Waals surface area contributed by atoms with E-state index in [4.69, 9.17) is 5.11 Å². The largest absolute Gasteiger partial charge is 0.481 e. The minimum Gasteiger partial charge on any atom is -0.481 e. The number of likely N-dealkylation sites (tertiary alicyclic amines) is 1. The van der Waals surface area contributed by atoms with Gasteiger partial charge in [-0.25, -0.2) is 0 Å². The van der Waals surface area contributed by atoms with Crippen molar-refractivity contribution < 1.29 is 14.7 Å². The second kappa shape index (κ2) is 8.28. The first-order valence-corrected chi connectivity index (χ1v) is 9.24. The zero-order valence-electron chi connectivity index (χ0n) is 15.1. The predicted molar refractivity (Wildman–Crippen MR) is 102 cm³/mol. The van der Waals surface area contributed by atoms with Gasteiger partial charge in [0.05, 0.1) is 6.42 Å². The average molecular weight is 351 g/mol. The average Bonchev–Trinajstić information content (AvgIpc) is 3.20. The number of carbonyl (C=O) groups is 2. The highest BCUT2D eigenvalue weighted by Gasteiger charge is 2.19. The van der Waals surface area contributed by atoms with Gasteiger partial charge in [-0.15, -0.1) is 0 Å². The zero-order chi connectivity index (χ0) is 18.5. The van der Waals surface area contributed by atoms with Crippen LogP contribution in [0, 0.1) is 0 Å². The lowest BCUT2D eigenvalue weighted by Gasteiger charge is -2.24. The lowest BCUT2D eigenvalue weighted by Crippen LogP contribution is -2.23. The Morgan fingerprint density at radius 1 is 1.00 bits per heavy atom. The summed E-state index contributed by atoms with van der Waals surface area (Å²) in [7, 11) is 0. The molecule has 1 heterocycles. The summed E-state index contributed by atoms with van der Waals surface area (Å²) in [6.07, 6.45) is 2.47. The third-order valence-electron chi connectivity index (χ3n) is 5.16. The number of hydrogen-bond donors (Lipinski definition) is 1. The number of hydrogen-bond acceptors (Lipinski definition) is 3. The number of ketones is 1. The van der Waals surface area contributed by atoms with E-state index < -0.39 is 5.97 Å². The molecule has 4 nitrogen and oxygen atoms in total. The van der Waals surface area contributed by atoms with Crippen molar-refractivity contribution in [1.29, 1.82) is 0 Å². The molecule has 136 valence electrons. The Labute approximate surface area is 154 Å². The Kier molecular flexibility index (Phi) is 5.84. The molecule has 1 N–H and O–H groups in total. The first-order valence-electron chi connectivity index (χ1n) is 9.24. The van der Waals surface area contributed by atoms with Crippen LogP contribution in [-0.2, 0) is 4.79 Å². The van der Waals surface area contributed by atoms with Crippen LogP contribution < -0.4 is 0 Å². The summed E-state index contributed by atoms with van der Waals surface area (Å²) in [5, 5.41) is 8.70. The number of Topliss-reactive ketones (excluding diaryl/α,β-unsaturated/α-hetero) is 1. The summed E-state index contributed by atoms with van der Waals surface area (Å²) in [5.74, 6) is -1.07. The van der Waals surface area contributed by atoms with Gasteiger partial charge in [0.2, 0.25) is 0 Å². The molecule has 0 aromatic heterocycles. The molecule has 26 heavy (non-hydrogen) atoms. The van der Waals surface area contributed by atoms with Crippen LogP contribution in [0.25, 0.3) is 11.1 Å². The van der Waals surface area contributed by atoms with E-state index in [1.54, 1.807) is 12.1 Å². The number of aliphatic carboxylic acids is 1. The summed E-state index contributed by atoms with van der Waals surface area (Å²) in [5.41, 5.74) is 4.08. The van der Waals surface area contributed by atoms with Crippen LogP contribution in [0.3, 0.4) is 0 Å². The highest BCUT2D eigenvalue weighted by Crippen LogP contribution is 2.28. The van der Waals surface area contributed by atoms with Gasteiger partial charge in [0.15, 0.2) is 5.78 Å². The van der Waals surface area contributed by atoms with Gasteiger partial charge < -0.3 is 5.11 Å². The van der Waals surface area contributed by atoms with E-state index in [0.717, 1.165) is 11.1 Å². The molecule has 0 saturated carbocycles. The number of benzene rings is 2. The molecule has 1 atom stereocenters. The van der Waals surface area contributed by atoms with E-state index in [9.17, 15) is 9.59 Å². The molecular formula is C22H25NO3. The minimum absolute atomic E-state index is 0.0392. The fraction of sp³-hybridized carbons (Fsp3) is 0.364. The Balaban J connectivity index is 1.73. The molecule has 4 heteroatoms. The topological polar surface area (TPSA) is 57.6 Å². The first kappa shape index (κ1) is 18.3. The molecule has 1 saturated heterocycles. The second-order valence-electron chi connectivity index (χ2n) is 6.94. The minimum atomic E-state index is -0.945. The Morgan fingerprint density at radius 2 is 1.69 bits per heavy atom. The van der Waals surface area contributed by atoms with Crippen molar-refractivity contribution in [2.24, 2.45) is 0 Å². The highest BCUT2D eigenvalue weighted by molar-refractivity contribution is 5.97. The fourth-order valence-corrected chi connectivity index (χ4v) is 3.53. The van der Waals surface area contributed by atoms with Gasteiger partial charge in [-0.05, 0) is 55.6 Å². The summed E-state index contributed by atoms with van der Waals surface area (Å²) in [4.78, 5) is 25.1. The number of nitrogens with zero attached hydrogens (tertiary/aromatic N) is 1. The Bertz CT molecular complexity index is 776. The summed E-state index contributed by atoms with van der Waals surface area (Å²) in [6.45, 7) is 4.59. The third kappa shape index (κ3) is 4.38. The van der Waals surface area contributed by atoms with E-state index in [-0.39, 0.29) is 18.6 Å². The van der Waals surface area contributed by atoms with Crippen molar-refractivity contribution in [2.75, 3.05) is 13.1 Å². The number of carbonyl (C=O) groups excluding carboxylic acids is 1. The standard InChI is InChI=1S/C22H25NO3/c1-16(23-13-2-3-14-23)19-5-4-6-20(15-19)17-7-9-18(10-8-17)21(24)11-12-22(25)26/h4-10,15-16H,2-3,11-14H2,1H3,(H,25,26)/t16-/m0/s1. The van der Waals surface area contributed by atoms with E-state index >= 15 is 0 Å². The number of carboxylic acids is 1. The lowest BCUT2D eigenvalue weighted by atomic mass is 9.97. The maximum absolute atomic E-state index is 12.0. The van der Waals surface area contributed by atoms with Gasteiger partial charge in [-0.2, -0.15) is 0 Å². The van der Waals surface area contributed by atoms with Crippen molar-refractivity contribution in [3.63, 3.8) is 0 Å². The lowest BCUT2D eigenvalue weighted by molar-refractivity contribution is -0.136. The summed E-state index contributed by atoms with van der Waals surface area (Å²) < 4.78 is 0. The quantitative estimate of drug-likeness (QED) is 0.743. The molecule has 0 aliphatic carbocycles. The van der Waals surface area contributed by atoms with Crippen LogP contribution in [0.2, 0.25) is 0 Å². The van der Waals surface area contributed by atoms with E-state index in [0.29, 0.717) is 11.6 Å². The van der Waals surface area contributed by atoms with E-state index in [1.165, 1.54) is 31.5 Å². The first-order chi connectivity index (χ1) is 12.5. The van der Waals surface area contributed by atoms with Crippen molar-refractivity contribution in [3.05, 3.63) is 59.7 Å². The molecule has 0 bridgehead atoms. The van der Waals surface area contributed by atoms with Crippen molar-refractivity contribution in [3.8, 4) is 11.1 Å². The molecule has 0 unspecified atom stereocenters. The Hall–Kier alpha value is -2.46. The van der Waals surface area contributed by atoms with Crippen LogP contribution in [0.15, 0.2) is 48.5 Å². The van der Waals surface area contributed by atoms with Crippen molar-refractivity contribution in [2.45, 2.75) is 38.6 Å². The van der Waals surface area contributed by atoms with Gasteiger partial charge in [0.25, 0.3) is 0 Å². The van der Waals surface area contributed by atoms with Gasteiger partial charge in [-0.3, -0.25) is 14.5 Å². The maximum atomic E-state index is 12.0. The molecule has 0 spiro atoms. The molecular weight excluding hydrogens is 326 g/mol. The van der Waals surface area contributed by atoms with Gasteiger partial charge in [0.1, 0.15) is 0 Å². The molecule has 2 aromatic rings. The van der Waals surface area contributed by atoms with Crippen LogP contribution in [0.4, 0.5) is 0 Å². The second-order valence-corrected chi connectivity index (χ2v) is 6.94. The van der Waals surface area contributed by atoms with Gasteiger partial charge >= 0.3 is 5.97 Å². The van der Waals surface area contributed by atoms with Crippen LogP contribution in [0.1, 0.15) is 54.6 Å². The molecule has 0 radical (unpaired) electrons. The zero-order valence-corrected chi connectivity index (χ0v) is 15.1. The predicted octanol–water partition coefficient (Wildman–Crippen LogP) is 4.56. The normalized spacial score (nSPS) is 15.7. The monoisotopic (exact) mass is 351 g/mol. The molecule has 1 fully saturated rings. The summed E-state index contributed by atoms with van der Waals surface area (Å²) in [6, 6.07) is 16.4. The maximum Gasteiger partial charge on any atom is 0.303 e. The summed E-state index contributed by atoms with van der Waals surface area (Å²) >= 11 is 0.